The number of hydrogen-bond acceptors (Lipinski definition) is 3. The van der Waals surface area contributed by atoms with E-state index in [2.05, 4.69) is 26.0 Å². The second kappa shape index (κ2) is 18.3. The van der Waals surface area contributed by atoms with Crippen LogP contribution in [0.3, 0.4) is 0 Å². The van der Waals surface area contributed by atoms with E-state index in [1.807, 2.05) is 13.0 Å². The molecule has 0 amide bonds. The van der Waals surface area contributed by atoms with Crippen LogP contribution < -0.4 is 4.74 Å². The van der Waals surface area contributed by atoms with Crippen LogP contribution in [0.5, 0.6) is 5.75 Å². The van der Waals surface area contributed by atoms with Gasteiger partial charge in [0.25, 0.3) is 10.1 Å². The number of unbranched alkanes of at least 4 members (excludes halogenated alkanes) is 12. The van der Waals surface area contributed by atoms with Crippen molar-refractivity contribution in [2.75, 3.05) is 5.75 Å². The van der Waals surface area contributed by atoms with Crippen molar-refractivity contribution in [2.45, 2.75) is 136 Å². The Bertz CT molecular complexity index is 715. The van der Waals surface area contributed by atoms with Crippen LogP contribution in [0.2, 0.25) is 0 Å². The van der Waals surface area contributed by atoms with Gasteiger partial charge >= 0.3 is 0 Å². The minimum atomic E-state index is -3.95. The van der Waals surface area contributed by atoms with Gasteiger partial charge in [0.1, 0.15) is 5.75 Å². The third kappa shape index (κ3) is 16.2. The maximum Gasteiger partial charge on any atom is 0.264 e. The Hall–Kier alpha value is -1.07. The summed E-state index contributed by atoms with van der Waals surface area (Å²) in [6.07, 6.45) is 20.6. The molecule has 1 aromatic rings. The standard InChI is InChI=1S/C28H50O4S/c1-4-6-8-10-12-14-16-18-26-20-21-28(32-25(3)22-23-33(29,30)31)24-27(26)19-17-15-13-11-9-7-5-2/h20-21,24-25H,4-19,22-23H2,1-3H3,(H,29,30,31). The molecule has 0 fully saturated rings. The highest BCUT2D eigenvalue weighted by atomic mass is 32.2. The smallest absolute Gasteiger partial charge is 0.264 e. The SMILES string of the molecule is CCCCCCCCCc1ccc(OC(C)CCS(=O)(=O)O)cc1CCCCCCCCC. The number of benzene rings is 1. The highest BCUT2D eigenvalue weighted by molar-refractivity contribution is 7.85. The molecule has 0 heterocycles. The monoisotopic (exact) mass is 482 g/mol. The van der Waals surface area contributed by atoms with Gasteiger partial charge in [-0.3, -0.25) is 4.55 Å². The predicted octanol–water partition coefficient (Wildman–Crippen LogP) is 8.32. The molecular weight excluding hydrogens is 432 g/mol. The molecule has 5 heteroatoms. The molecule has 0 aliphatic heterocycles. The van der Waals surface area contributed by atoms with Crippen LogP contribution in [-0.2, 0) is 23.0 Å². The summed E-state index contributed by atoms with van der Waals surface area (Å²) in [4.78, 5) is 0. The largest absolute Gasteiger partial charge is 0.491 e. The number of hydrogen-bond donors (Lipinski definition) is 1. The molecule has 1 aromatic carbocycles. The van der Waals surface area contributed by atoms with Gasteiger partial charge in [0.05, 0.1) is 11.9 Å². The topological polar surface area (TPSA) is 63.6 Å². The molecule has 0 spiro atoms. The minimum Gasteiger partial charge on any atom is -0.491 e. The summed E-state index contributed by atoms with van der Waals surface area (Å²) in [5.74, 6) is 0.536. The molecule has 0 aliphatic carbocycles. The van der Waals surface area contributed by atoms with E-state index in [1.165, 1.54) is 101 Å². The lowest BCUT2D eigenvalue weighted by Gasteiger charge is -2.17. The first-order valence-corrected chi connectivity index (χ1v) is 15.2. The molecule has 192 valence electrons. The Labute approximate surface area is 204 Å². The zero-order valence-electron chi connectivity index (χ0n) is 21.6. The van der Waals surface area contributed by atoms with Crippen molar-refractivity contribution in [2.24, 2.45) is 0 Å². The van der Waals surface area contributed by atoms with Crippen molar-refractivity contribution in [1.29, 1.82) is 0 Å². The molecule has 1 atom stereocenters. The average molecular weight is 483 g/mol. The van der Waals surface area contributed by atoms with Gasteiger partial charge in [0.15, 0.2) is 0 Å². The van der Waals surface area contributed by atoms with Gasteiger partial charge in [-0.2, -0.15) is 8.42 Å². The second-order valence-electron chi connectivity index (χ2n) is 9.68. The van der Waals surface area contributed by atoms with Gasteiger partial charge in [0.2, 0.25) is 0 Å². The molecule has 0 saturated heterocycles. The number of rotatable bonds is 21. The van der Waals surface area contributed by atoms with Gasteiger partial charge in [-0.05, 0) is 55.9 Å². The van der Waals surface area contributed by atoms with Crippen molar-refractivity contribution in [3.05, 3.63) is 29.3 Å². The van der Waals surface area contributed by atoms with E-state index >= 15 is 0 Å². The normalized spacial score (nSPS) is 12.7. The fourth-order valence-corrected chi connectivity index (χ4v) is 4.93. The lowest BCUT2D eigenvalue weighted by molar-refractivity contribution is 0.217. The Morgan fingerprint density at radius 2 is 1.24 bits per heavy atom. The van der Waals surface area contributed by atoms with Crippen LogP contribution in [0.25, 0.3) is 0 Å². The van der Waals surface area contributed by atoms with E-state index in [9.17, 15) is 8.42 Å². The van der Waals surface area contributed by atoms with Crippen molar-refractivity contribution in [3.63, 3.8) is 0 Å². The van der Waals surface area contributed by atoms with Crippen molar-refractivity contribution >= 4 is 10.1 Å². The van der Waals surface area contributed by atoms with E-state index in [-0.39, 0.29) is 18.3 Å². The van der Waals surface area contributed by atoms with E-state index in [1.54, 1.807) is 0 Å². The first-order chi connectivity index (χ1) is 15.9. The van der Waals surface area contributed by atoms with Crippen LogP contribution in [0.4, 0.5) is 0 Å². The molecule has 0 radical (unpaired) electrons. The fourth-order valence-electron chi connectivity index (χ4n) is 4.30. The molecule has 0 bridgehead atoms. The van der Waals surface area contributed by atoms with Crippen LogP contribution >= 0.6 is 0 Å². The van der Waals surface area contributed by atoms with Crippen LogP contribution in [0.15, 0.2) is 18.2 Å². The average Bonchev–Trinajstić information content (AvgIpc) is 2.77. The Kier molecular flexibility index (Phi) is 16.6. The molecule has 0 saturated carbocycles. The molecule has 1 rings (SSSR count). The molecule has 1 N–H and O–H groups in total. The van der Waals surface area contributed by atoms with Gasteiger partial charge in [-0.15, -0.1) is 0 Å². The summed E-state index contributed by atoms with van der Waals surface area (Å²) in [6, 6.07) is 6.39. The summed E-state index contributed by atoms with van der Waals surface area (Å²) in [5, 5.41) is 0. The lowest BCUT2D eigenvalue weighted by Crippen LogP contribution is -2.17. The van der Waals surface area contributed by atoms with Crippen LogP contribution in [0.1, 0.15) is 128 Å². The predicted molar refractivity (Wildman–Crippen MR) is 141 cm³/mol. The first kappa shape index (κ1) is 30.0. The molecule has 33 heavy (non-hydrogen) atoms. The Balaban J connectivity index is 2.60. The highest BCUT2D eigenvalue weighted by Crippen LogP contribution is 2.24. The number of ether oxygens (including phenoxy) is 1. The van der Waals surface area contributed by atoms with Crippen LogP contribution in [-0.4, -0.2) is 24.8 Å². The summed E-state index contributed by atoms with van der Waals surface area (Å²) < 4.78 is 37.0. The van der Waals surface area contributed by atoms with Crippen molar-refractivity contribution < 1.29 is 17.7 Å². The zero-order chi connectivity index (χ0) is 24.4. The lowest BCUT2D eigenvalue weighted by atomic mass is 9.96. The summed E-state index contributed by atoms with van der Waals surface area (Å²) in [5.41, 5.74) is 2.82. The fraction of sp³-hybridized carbons (Fsp3) is 0.786. The zero-order valence-corrected chi connectivity index (χ0v) is 22.4. The molecule has 1 unspecified atom stereocenters. The maximum absolute atomic E-state index is 11.0. The van der Waals surface area contributed by atoms with E-state index in [0.29, 0.717) is 0 Å². The summed E-state index contributed by atoms with van der Waals surface area (Å²) in [6.45, 7) is 6.37. The molecular formula is C28H50O4S. The van der Waals surface area contributed by atoms with Crippen molar-refractivity contribution in [3.8, 4) is 5.75 Å². The summed E-state index contributed by atoms with van der Waals surface area (Å²) >= 11 is 0. The number of aryl methyl sites for hydroxylation is 2. The first-order valence-electron chi connectivity index (χ1n) is 13.6. The van der Waals surface area contributed by atoms with E-state index in [4.69, 9.17) is 9.29 Å². The van der Waals surface area contributed by atoms with E-state index < -0.39 is 10.1 Å². The molecule has 4 nitrogen and oxygen atoms in total. The third-order valence-corrected chi connectivity index (χ3v) is 7.15. The Morgan fingerprint density at radius 1 is 0.758 bits per heavy atom. The highest BCUT2D eigenvalue weighted by Gasteiger charge is 2.12. The third-order valence-electron chi connectivity index (χ3n) is 6.40. The van der Waals surface area contributed by atoms with Gasteiger partial charge < -0.3 is 4.74 Å². The minimum absolute atomic E-state index is 0.257. The second-order valence-corrected chi connectivity index (χ2v) is 11.2. The Morgan fingerprint density at radius 3 is 1.76 bits per heavy atom. The molecule has 0 aliphatic rings. The van der Waals surface area contributed by atoms with Gasteiger partial charge in [0, 0.05) is 6.42 Å². The molecule has 0 aromatic heterocycles. The maximum atomic E-state index is 11.0. The van der Waals surface area contributed by atoms with Gasteiger partial charge in [-0.25, -0.2) is 0 Å². The summed E-state index contributed by atoms with van der Waals surface area (Å²) in [7, 11) is -3.95. The van der Waals surface area contributed by atoms with Crippen LogP contribution in [0, 0.1) is 0 Å². The van der Waals surface area contributed by atoms with Gasteiger partial charge in [-0.1, -0.05) is 97.0 Å². The quantitative estimate of drug-likeness (QED) is 0.141. The van der Waals surface area contributed by atoms with Crippen molar-refractivity contribution in [1.82, 2.24) is 0 Å². The van der Waals surface area contributed by atoms with E-state index in [0.717, 1.165) is 18.6 Å².